The van der Waals surface area contributed by atoms with Crippen LogP contribution in [-0.4, -0.2) is 48.1 Å². The van der Waals surface area contributed by atoms with E-state index in [9.17, 15) is 4.79 Å². The number of carbonyl (C=O) groups is 1. The van der Waals surface area contributed by atoms with E-state index in [1.165, 1.54) is 6.42 Å². The lowest BCUT2D eigenvalue weighted by atomic mass is 9.89. The Balaban J connectivity index is 2.59. The van der Waals surface area contributed by atoms with Crippen molar-refractivity contribution in [1.82, 2.24) is 15.5 Å². The average Bonchev–Trinajstić information content (AvgIpc) is 2.46. The molecule has 4 heteroatoms. The molecule has 0 aliphatic carbocycles. The normalized spacial score (nSPS) is 25.6. The Bertz CT molecular complexity index is 330. The molecule has 124 valence electrons. The summed E-state index contributed by atoms with van der Waals surface area (Å²) in [6.45, 7) is 15.8. The predicted molar refractivity (Wildman–Crippen MR) is 89.4 cm³/mol. The van der Waals surface area contributed by atoms with E-state index < -0.39 is 0 Å². The van der Waals surface area contributed by atoms with Gasteiger partial charge in [-0.3, -0.25) is 9.69 Å². The van der Waals surface area contributed by atoms with Gasteiger partial charge in [0.25, 0.3) is 0 Å². The smallest absolute Gasteiger partial charge is 0.237 e. The minimum Gasteiger partial charge on any atom is -0.350 e. The largest absolute Gasteiger partial charge is 0.350 e. The molecule has 3 atom stereocenters. The van der Waals surface area contributed by atoms with Crippen LogP contribution in [0.2, 0.25) is 0 Å². The summed E-state index contributed by atoms with van der Waals surface area (Å²) in [6.07, 6.45) is 3.26. The van der Waals surface area contributed by atoms with Crippen LogP contribution in [0.4, 0.5) is 0 Å². The van der Waals surface area contributed by atoms with Crippen LogP contribution in [-0.2, 0) is 4.79 Å². The third kappa shape index (κ3) is 5.26. The van der Waals surface area contributed by atoms with Gasteiger partial charge in [0.15, 0.2) is 0 Å². The van der Waals surface area contributed by atoms with Gasteiger partial charge in [0.2, 0.25) is 5.91 Å². The van der Waals surface area contributed by atoms with E-state index in [-0.39, 0.29) is 17.5 Å². The second kappa shape index (κ2) is 8.14. The summed E-state index contributed by atoms with van der Waals surface area (Å²) in [4.78, 5) is 14.8. The van der Waals surface area contributed by atoms with Crippen molar-refractivity contribution in [3.8, 4) is 0 Å². The molecule has 0 aromatic carbocycles. The molecular formula is C17H35N3O. The van der Waals surface area contributed by atoms with Crippen molar-refractivity contribution >= 4 is 5.91 Å². The highest BCUT2D eigenvalue weighted by Gasteiger charge is 2.33. The Morgan fingerprint density at radius 1 is 1.33 bits per heavy atom. The van der Waals surface area contributed by atoms with Crippen LogP contribution in [0.25, 0.3) is 0 Å². The fraction of sp³-hybridized carbons (Fsp3) is 0.941. The summed E-state index contributed by atoms with van der Waals surface area (Å²) in [5, 5.41) is 6.77. The SMILES string of the molecule is CCNC1CCN(C(C)C(=O)NC(C)(C)CC)CC1CC. The zero-order valence-corrected chi connectivity index (χ0v) is 14.8. The van der Waals surface area contributed by atoms with E-state index in [0.29, 0.717) is 12.0 Å². The van der Waals surface area contributed by atoms with E-state index >= 15 is 0 Å². The van der Waals surface area contributed by atoms with Crippen molar-refractivity contribution in [3.05, 3.63) is 0 Å². The molecule has 1 fully saturated rings. The fourth-order valence-electron chi connectivity index (χ4n) is 3.05. The maximum atomic E-state index is 12.5. The van der Waals surface area contributed by atoms with Gasteiger partial charge >= 0.3 is 0 Å². The molecule has 3 unspecified atom stereocenters. The Labute approximate surface area is 131 Å². The minimum absolute atomic E-state index is 0.0348. The molecule has 0 aromatic rings. The molecule has 2 N–H and O–H groups in total. The molecular weight excluding hydrogens is 262 g/mol. The molecule has 0 aromatic heterocycles. The highest BCUT2D eigenvalue weighted by molar-refractivity contribution is 5.82. The van der Waals surface area contributed by atoms with Crippen molar-refractivity contribution in [1.29, 1.82) is 0 Å². The maximum Gasteiger partial charge on any atom is 0.237 e. The second-order valence-electron chi connectivity index (χ2n) is 7.02. The van der Waals surface area contributed by atoms with E-state index in [1.54, 1.807) is 0 Å². The van der Waals surface area contributed by atoms with Gasteiger partial charge in [0.05, 0.1) is 6.04 Å². The van der Waals surface area contributed by atoms with E-state index in [2.05, 4.69) is 50.2 Å². The van der Waals surface area contributed by atoms with E-state index in [0.717, 1.165) is 32.5 Å². The molecule has 1 amide bonds. The lowest BCUT2D eigenvalue weighted by Crippen LogP contribution is -2.57. The van der Waals surface area contributed by atoms with Gasteiger partial charge in [-0.15, -0.1) is 0 Å². The van der Waals surface area contributed by atoms with E-state index in [1.807, 2.05) is 6.92 Å². The first kappa shape index (κ1) is 18.4. The number of piperidine rings is 1. The summed E-state index contributed by atoms with van der Waals surface area (Å²) >= 11 is 0. The van der Waals surface area contributed by atoms with Crippen LogP contribution in [0.15, 0.2) is 0 Å². The Morgan fingerprint density at radius 3 is 2.52 bits per heavy atom. The standard InChI is InChI=1S/C17H35N3O/c1-7-14-12-20(11-10-15(14)18-9-3)13(4)16(21)19-17(5,6)8-2/h13-15,18H,7-12H2,1-6H3,(H,19,21). The van der Waals surface area contributed by atoms with Gasteiger partial charge in [-0.25, -0.2) is 0 Å². The Kier molecular flexibility index (Phi) is 7.14. The summed E-state index contributed by atoms with van der Waals surface area (Å²) in [6, 6.07) is 0.575. The van der Waals surface area contributed by atoms with Crippen molar-refractivity contribution in [2.45, 2.75) is 78.4 Å². The van der Waals surface area contributed by atoms with Gasteiger partial charge in [0.1, 0.15) is 0 Å². The maximum absolute atomic E-state index is 12.5. The molecule has 4 nitrogen and oxygen atoms in total. The number of nitrogens with zero attached hydrogens (tertiary/aromatic N) is 1. The minimum atomic E-state index is -0.114. The molecule has 0 saturated carbocycles. The molecule has 1 aliphatic heterocycles. The molecule has 1 saturated heterocycles. The van der Waals surface area contributed by atoms with Gasteiger partial charge in [0, 0.05) is 24.7 Å². The van der Waals surface area contributed by atoms with Crippen molar-refractivity contribution in [2.24, 2.45) is 5.92 Å². The number of likely N-dealkylation sites (tertiary alicyclic amines) is 1. The Morgan fingerprint density at radius 2 is 2.00 bits per heavy atom. The molecule has 1 heterocycles. The lowest BCUT2D eigenvalue weighted by molar-refractivity contribution is -0.128. The molecule has 0 spiro atoms. The van der Waals surface area contributed by atoms with Crippen molar-refractivity contribution in [3.63, 3.8) is 0 Å². The molecule has 0 bridgehead atoms. The Hall–Kier alpha value is -0.610. The monoisotopic (exact) mass is 297 g/mol. The van der Waals surface area contributed by atoms with Crippen LogP contribution in [0, 0.1) is 5.92 Å². The number of hydrogen-bond donors (Lipinski definition) is 2. The average molecular weight is 297 g/mol. The topological polar surface area (TPSA) is 44.4 Å². The van der Waals surface area contributed by atoms with Crippen molar-refractivity contribution < 1.29 is 4.79 Å². The van der Waals surface area contributed by atoms with Crippen LogP contribution in [0.5, 0.6) is 0 Å². The number of carbonyl (C=O) groups excluding carboxylic acids is 1. The third-order valence-corrected chi connectivity index (χ3v) is 5.03. The summed E-state index contributed by atoms with van der Waals surface area (Å²) in [5.74, 6) is 0.812. The van der Waals surface area contributed by atoms with Crippen LogP contribution in [0.3, 0.4) is 0 Å². The number of amides is 1. The highest BCUT2D eigenvalue weighted by Crippen LogP contribution is 2.22. The summed E-state index contributed by atoms with van der Waals surface area (Å²) in [5.41, 5.74) is -0.114. The first-order chi connectivity index (χ1) is 9.84. The number of hydrogen-bond acceptors (Lipinski definition) is 3. The predicted octanol–water partition coefficient (Wildman–Crippen LogP) is 2.39. The molecule has 0 radical (unpaired) electrons. The van der Waals surface area contributed by atoms with Crippen LogP contribution < -0.4 is 10.6 Å². The van der Waals surface area contributed by atoms with Gasteiger partial charge < -0.3 is 10.6 Å². The number of nitrogens with one attached hydrogen (secondary N) is 2. The summed E-state index contributed by atoms with van der Waals surface area (Å²) < 4.78 is 0. The second-order valence-corrected chi connectivity index (χ2v) is 7.02. The lowest BCUT2D eigenvalue weighted by Gasteiger charge is -2.41. The quantitative estimate of drug-likeness (QED) is 0.758. The highest BCUT2D eigenvalue weighted by atomic mass is 16.2. The first-order valence-electron chi connectivity index (χ1n) is 8.64. The molecule has 21 heavy (non-hydrogen) atoms. The van der Waals surface area contributed by atoms with Crippen LogP contribution in [0.1, 0.15) is 60.8 Å². The van der Waals surface area contributed by atoms with Crippen LogP contribution >= 0.6 is 0 Å². The fourth-order valence-corrected chi connectivity index (χ4v) is 3.05. The van der Waals surface area contributed by atoms with Crippen molar-refractivity contribution in [2.75, 3.05) is 19.6 Å². The molecule has 1 rings (SSSR count). The van der Waals surface area contributed by atoms with Gasteiger partial charge in [-0.2, -0.15) is 0 Å². The summed E-state index contributed by atoms with van der Waals surface area (Å²) in [7, 11) is 0. The third-order valence-electron chi connectivity index (χ3n) is 5.03. The zero-order chi connectivity index (χ0) is 16.0. The van der Waals surface area contributed by atoms with Gasteiger partial charge in [-0.05, 0) is 46.1 Å². The number of rotatable bonds is 7. The first-order valence-corrected chi connectivity index (χ1v) is 8.64. The zero-order valence-electron chi connectivity index (χ0n) is 14.8. The van der Waals surface area contributed by atoms with Gasteiger partial charge in [-0.1, -0.05) is 27.2 Å². The van der Waals surface area contributed by atoms with E-state index in [4.69, 9.17) is 0 Å². The molecule has 1 aliphatic rings.